The van der Waals surface area contributed by atoms with E-state index in [1.165, 1.54) is 29.5 Å². The van der Waals surface area contributed by atoms with E-state index in [9.17, 15) is 14.9 Å². The number of thiazole rings is 1. The molecule has 9 heteroatoms. The first-order chi connectivity index (χ1) is 15.0. The van der Waals surface area contributed by atoms with Crippen molar-refractivity contribution < 1.29 is 9.72 Å². The van der Waals surface area contributed by atoms with Crippen LogP contribution in [0.2, 0.25) is 0 Å². The third-order valence-electron chi connectivity index (χ3n) is 4.54. The van der Waals surface area contributed by atoms with E-state index in [1.807, 2.05) is 30.5 Å². The van der Waals surface area contributed by atoms with Crippen molar-refractivity contribution in [1.82, 2.24) is 9.97 Å². The lowest BCUT2D eigenvalue weighted by atomic mass is 10.1. The minimum Gasteiger partial charge on any atom is -0.331 e. The van der Waals surface area contributed by atoms with Crippen LogP contribution < -0.4 is 10.6 Å². The van der Waals surface area contributed by atoms with Crippen LogP contribution in [0.1, 0.15) is 15.9 Å². The molecule has 2 N–H and O–H groups in total. The molecule has 0 saturated heterocycles. The Labute approximate surface area is 181 Å². The van der Waals surface area contributed by atoms with Crippen molar-refractivity contribution in [2.75, 3.05) is 10.6 Å². The molecule has 1 amide bonds. The summed E-state index contributed by atoms with van der Waals surface area (Å²) in [5.74, 6) is -0.361. The van der Waals surface area contributed by atoms with Gasteiger partial charge in [-0.15, -0.1) is 11.3 Å². The van der Waals surface area contributed by atoms with Crippen LogP contribution in [0.3, 0.4) is 0 Å². The number of aromatic nitrogens is 2. The number of anilines is 3. The second-order valence-electron chi connectivity index (χ2n) is 6.69. The van der Waals surface area contributed by atoms with Crippen LogP contribution in [0.4, 0.5) is 22.2 Å². The van der Waals surface area contributed by atoms with E-state index in [1.54, 1.807) is 30.6 Å². The number of nitrogens with one attached hydrogen (secondary N) is 2. The number of pyridine rings is 1. The highest BCUT2D eigenvalue weighted by molar-refractivity contribution is 7.14. The van der Waals surface area contributed by atoms with Gasteiger partial charge in [0.1, 0.15) is 0 Å². The van der Waals surface area contributed by atoms with E-state index >= 15 is 0 Å². The van der Waals surface area contributed by atoms with E-state index in [-0.39, 0.29) is 11.6 Å². The molecule has 0 fully saturated rings. The van der Waals surface area contributed by atoms with Crippen LogP contribution in [-0.2, 0) is 0 Å². The van der Waals surface area contributed by atoms with Crippen molar-refractivity contribution in [3.63, 3.8) is 0 Å². The summed E-state index contributed by atoms with van der Waals surface area (Å²) < 4.78 is 0. The number of rotatable bonds is 6. The van der Waals surface area contributed by atoms with Gasteiger partial charge in [0.05, 0.1) is 10.6 Å². The molecule has 154 valence electrons. The highest BCUT2D eigenvalue weighted by Gasteiger charge is 2.12. The Kier molecular flexibility index (Phi) is 5.67. The number of benzene rings is 2. The Morgan fingerprint density at radius 2 is 1.90 bits per heavy atom. The number of nitro groups is 1. The predicted octanol–water partition coefficient (Wildman–Crippen LogP) is 5.42. The minimum absolute atomic E-state index is 0.0853. The molecule has 0 aliphatic heterocycles. The van der Waals surface area contributed by atoms with Gasteiger partial charge >= 0.3 is 0 Å². The Hall–Kier alpha value is -4.11. The lowest BCUT2D eigenvalue weighted by Gasteiger charge is -2.10. The summed E-state index contributed by atoms with van der Waals surface area (Å²) in [6, 6.07) is 14.9. The fourth-order valence-corrected chi connectivity index (χ4v) is 3.63. The highest BCUT2D eigenvalue weighted by atomic mass is 32.1. The summed E-state index contributed by atoms with van der Waals surface area (Å²) in [5, 5.41) is 19.6. The lowest BCUT2D eigenvalue weighted by Crippen LogP contribution is -2.12. The molecule has 2 heterocycles. The van der Waals surface area contributed by atoms with Crippen LogP contribution >= 0.6 is 11.3 Å². The van der Waals surface area contributed by atoms with Crippen molar-refractivity contribution in [1.29, 1.82) is 0 Å². The fraction of sp³-hybridized carbons (Fsp3) is 0.0455. The molecular formula is C22H17N5O3S. The summed E-state index contributed by atoms with van der Waals surface area (Å²) in [6.45, 7) is 1.93. The molecule has 31 heavy (non-hydrogen) atoms. The number of nitro benzene ring substituents is 1. The summed E-state index contributed by atoms with van der Waals surface area (Å²) in [5.41, 5.74) is 4.21. The van der Waals surface area contributed by atoms with Gasteiger partial charge in [0, 0.05) is 52.4 Å². The SMILES string of the molecule is Cc1ccc(C(=O)Nc2cccc([N+](=O)[O-])c2)cc1Nc1nc(-c2ccncc2)cs1. The quantitative estimate of drug-likeness (QED) is 0.312. The summed E-state index contributed by atoms with van der Waals surface area (Å²) in [7, 11) is 0. The first-order valence-electron chi connectivity index (χ1n) is 9.29. The van der Waals surface area contributed by atoms with Crippen molar-refractivity contribution in [2.24, 2.45) is 0 Å². The first-order valence-corrected chi connectivity index (χ1v) is 10.2. The second kappa shape index (κ2) is 8.72. The molecule has 4 aromatic rings. The molecule has 2 aromatic carbocycles. The minimum atomic E-state index is -0.502. The maximum Gasteiger partial charge on any atom is 0.271 e. The van der Waals surface area contributed by atoms with Gasteiger partial charge in [0.25, 0.3) is 11.6 Å². The number of non-ortho nitro benzene ring substituents is 1. The molecule has 0 aliphatic rings. The van der Waals surface area contributed by atoms with Gasteiger partial charge in [0.2, 0.25) is 0 Å². The van der Waals surface area contributed by atoms with Crippen molar-refractivity contribution >= 4 is 39.4 Å². The van der Waals surface area contributed by atoms with Crippen LogP contribution in [0, 0.1) is 17.0 Å². The highest BCUT2D eigenvalue weighted by Crippen LogP contribution is 2.29. The Balaban J connectivity index is 1.52. The molecule has 8 nitrogen and oxygen atoms in total. The number of amides is 1. The fourth-order valence-electron chi connectivity index (χ4n) is 2.90. The molecule has 0 atom stereocenters. The monoisotopic (exact) mass is 431 g/mol. The third kappa shape index (κ3) is 4.73. The number of aryl methyl sites for hydroxylation is 1. The molecule has 4 rings (SSSR count). The molecule has 0 bridgehead atoms. The number of nitrogens with zero attached hydrogens (tertiary/aromatic N) is 3. The van der Waals surface area contributed by atoms with Gasteiger partial charge in [0.15, 0.2) is 5.13 Å². The molecule has 0 saturated carbocycles. The van der Waals surface area contributed by atoms with Gasteiger partial charge in [-0.1, -0.05) is 12.1 Å². The first kappa shape index (κ1) is 20.2. The average molecular weight is 431 g/mol. The standard InChI is InChI=1S/C22H17N5O3S/c1-14-5-6-16(21(28)24-17-3-2-4-18(12-17)27(29)30)11-19(14)25-22-26-20(13-31-22)15-7-9-23-10-8-15/h2-13H,1H3,(H,24,28)(H,25,26). The number of carbonyl (C=O) groups is 1. The Bertz CT molecular complexity index is 1260. The van der Waals surface area contributed by atoms with Crippen molar-refractivity contribution in [3.8, 4) is 11.3 Å². The van der Waals surface area contributed by atoms with Gasteiger partial charge < -0.3 is 10.6 Å². The molecule has 0 unspecified atom stereocenters. The average Bonchev–Trinajstić information content (AvgIpc) is 3.24. The number of hydrogen-bond donors (Lipinski definition) is 2. The topological polar surface area (TPSA) is 110 Å². The predicted molar refractivity (Wildman–Crippen MR) is 121 cm³/mol. The van der Waals surface area contributed by atoms with E-state index < -0.39 is 4.92 Å². The van der Waals surface area contributed by atoms with E-state index in [0.29, 0.717) is 16.4 Å². The number of carbonyl (C=O) groups excluding carboxylic acids is 1. The van der Waals surface area contributed by atoms with Crippen molar-refractivity contribution in [2.45, 2.75) is 6.92 Å². The second-order valence-corrected chi connectivity index (χ2v) is 7.55. The summed E-state index contributed by atoms with van der Waals surface area (Å²) in [4.78, 5) is 31.7. The molecular weight excluding hydrogens is 414 g/mol. The number of hydrogen-bond acceptors (Lipinski definition) is 7. The van der Waals surface area contributed by atoms with Gasteiger partial charge in [-0.3, -0.25) is 19.9 Å². The maximum atomic E-state index is 12.7. The van der Waals surface area contributed by atoms with Crippen LogP contribution in [0.15, 0.2) is 72.4 Å². The summed E-state index contributed by atoms with van der Waals surface area (Å²) in [6.07, 6.45) is 3.44. The lowest BCUT2D eigenvalue weighted by molar-refractivity contribution is -0.384. The molecule has 2 aromatic heterocycles. The van der Waals surface area contributed by atoms with Crippen LogP contribution in [0.5, 0.6) is 0 Å². The zero-order valence-corrected chi connectivity index (χ0v) is 17.2. The zero-order chi connectivity index (χ0) is 21.8. The maximum absolute atomic E-state index is 12.7. The Morgan fingerprint density at radius 1 is 1.10 bits per heavy atom. The van der Waals surface area contributed by atoms with Gasteiger partial charge in [-0.05, 0) is 42.8 Å². The normalized spacial score (nSPS) is 10.5. The van der Waals surface area contributed by atoms with Gasteiger partial charge in [-0.25, -0.2) is 4.98 Å². The van der Waals surface area contributed by atoms with Crippen LogP contribution in [-0.4, -0.2) is 20.8 Å². The third-order valence-corrected chi connectivity index (χ3v) is 5.29. The van der Waals surface area contributed by atoms with E-state index in [0.717, 1.165) is 22.5 Å². The zero-order valence-electron chi connectivity index (χ0n) is 16.4. The van der Waals surface area contributed by atoms with Crippen molar-refractivity contribution in [3.05, 3.63) is 93.6 Å². The smallest absolute Gasteiger partial charge is 0.271 e. The Morgan fingerprint density at radius 3 is 2.68 bits per heavy atom. The van der Waals surface area contributed by atoms with E-state index in [2.05, 4.69) is 20.6 Å². The van der Waals surface area contributed by atoms with E-state index in [4.69, 9.17) is 0 Å². The largest absolute Gasteiger partial charge is 0.331 e. The summed E-state index contributed by atoms with van der Waals surface area (Å²) >= 11 is 1.46. The molecule has 0 spiro atoms. The van der Waals surface area contributed by atoms with Gasteiger partial charge in [-0.2, -0.15) is 0 Å². The molecule has 0 aliphatic carbocycles. The molecule has 0 radical (unpaired) electrons. The van der Waals surface area contributed by atoms with Crippen LogP contribution in [0.25, 0.3) is 11.3 Å².